The van der Waals surface area contributed by atoms with Gasteiger partial charge in [-0.3, -0.25) is 0 Å². The zero-order chi connectivity index (χ0) is 9.84. The van der Waals surface area contributed by atoms with Gasteiger partial charge in [-0.2, -0.15) is 0 Å². The number of benzene rings is 1. The van der Waals surface area contributed by atoms with Gasteiger partial charge in [-0.1, -0.05) is 15.9 Å². The smallest absolute Gasteiger partial charge is 0.407 e. The highest BCUT2D eigenvalue weighted by Crippen LogP contribution is 2.21. The van der Waals surface area contributed by atoms with Crippen LogP contribution < -0.4 is 10.1 Å². The summed E-state index contributed by atoms with van der Waals surface area (Å²) in [5.41, 5.74) is 0. The number of rotatable bonds is 1. The molecule has 1 amide bonds. The van der Waals surface area contributed by atoms with E-state index in [0.29, 0.717) is 4.47 Å². The minimum atomic E-state index is -0.693. The average molecular weight is 248 g/mol. The van der Waals surface area contributed by atoms with E-state index >= 15 is 0 Å². The van der Waals surface area contributed by atoms with E-state index in [-0.39, 0.29) is 5.75 Å². The lowest BCUT2D eigenvalue weighted by Gasteiger charge is -2.03. The third kappa shape index (κ3) is 2.69. The number of carbonyl (C=O) groups excluding carboxylic acids is 1. The molecule has 0 fully saturated rings. The Morgan fingerprint density at radius 2 is 2.31 bits per heavy atom. The third-order valence-electron chi connectivity index (χ3n) is 1.30. The highest BCUT2D eigenvalue weighted by Gasteiger charge is 2.07. The molecule has 70 valence electrons. The molecule has 3 nitrogen and oxygen atoms in total. The normalized spacial score (nSPS) is 9.46. The van der Waals surface area contributed by atoms with Crippen LogP contribution in [0.2, 0.25) is 0 Å². The van der Waals surface area contributed by atoms with Gasteiger partial charge in [0.25, 0.3) is 0 Å². The SMILES string of the molecule is CNC(=O)Oc1ccc(Br)cc1F. The van der Waals surface area contributed by atoms with Crippen LogP contribution in [0.15, 0.2) is 22.7 Å². The Bertz CT molecular complexity index is 330. The van der Waals surface area contributed by atoms with Gasteiger partial charge in [0.1, 0.15) is 0 Å². The van der Waals surface area contributed by atoms with Crippen molar-refractivity contribution < 1.29 is 13.9 Å². The molecule has 0 aliphatic carbocycles. The lowest BCUT2D eigenvalue weighted by atomic mass is 10.3. The Morgan fingerprint density at radius 1 is 1.62 bits per heavy atom. The van der Waals surface area contributed by atoms with Crippen molar-refractivity contribution in [1.29, 1.82) is 0 Å². The molecule has 0 unspecified atom stereocenters. The van der Waals surface area contributed by atoms with E-state index in [1.807, 2.05) is 0 Å². The maximum absolute atomic E-state index is 13.0. The molecule has 0 spiro atoms. The predicted molar refractivity (Wildman–Crippen MR) is 49.2 cm³/mol. The highest BCUT2D eigenvalue weighted by atomic mass is 79.9. The molecule has 0 radical (unpaired) electrons. The quantitative estimate of drug-likeness (QED) is 0.828. The van der Waals surface area contributed by atoms with Crippen molar-refractivity contribution in [2.24, 2.45) is 0 Å². The summed E-state index contributed by atoms with van der Waals surface area (Å²) in [7, 11) is 1.40. The van der Waals surface area contributed by atoms with E-state index in [1.54, 1.807) is 6.07 Å². The predicted octanol–water partition coefficient (Wildman–Crippen LogP) is 2.31. The maximum atomic E-state index is 13.0. The standard InChI is InChI=1S/C8H7BrFNO2/c1-11-8(12)13-7-3-2-5(9)4-6(7)10/h2-4H,1H3,(H,11,12). The number of ether oxygens (including phenoxy) is 1. The fraction of sp³-hybridized carbons (Fsp3) is 0.125. The third-order valence-corrected chi connectivity index (χ3v) is 1.79. The first kappa shape index (κ1) is 9.98. The fourth-order valence-corrected chi connectivity index (χ4v) is 1.04. The summed E-state index contributed by atoms with van der Waals surface area (Å²) in [6.45, 7) is 0. The molecule has 13 heavy (non-hydrogen) atoms. The molecule has 0 saturated carbocycles. The van der Waals surface area contributed by atoms with Crippen LogP contribution in [0.1, 0.15) is 0 Å². The average Bonchev–Trinajstić information content (AvgIpc) is 2.09. The summed E-state index contributed by atoms with van der Waals surface area (Å²) in [6.07, 6.45) is -0.693. The molecule has 0 saturated heterocycles. The Morgan fingerprint density at radius 3 is 2.85 bits per heavy atom. The van der Waals surface area contributed by atoms with Crippen LogP contribution >= 0.6 is 15.9 Å². The number of nitrogens with one attached hydrogen (secondary N) is 1. The van der Waals surface area contributed by atoms with Crippen molar-refractivity contribution >= 4 is 22.0 Å². The van der Waals surface area contributed by atoms with Crippen LogP contribution in [0.5, 0.6) is 5.75 Å². The molecular formula is C8H7BrFNO2. The Hall–Kier alpha value is -1.10. The summed E-state index contributed by atoms with van der Waals surface area (Å²) in [5.74, 6) is -0.680. The van der Waals surface area contributed by atoms with E-state index in [0.717, 1.165) is 0 Å². The minimum Gasteiger partial charge on any atom is -0.407 e. The summed E-state index contributed by atoms with van der Waals surface area (Å²) in [6, 6.07) is 4.17. The largest absolute Gasteiger partial charge is 0.412 e. The van der Waals surface area contributed by atoms with E-state index in [9.17, 15) is 9.18 Å². The van der Waals surface area contributed by atoms with Gasteiger partial charge in [-0.15, -0.1) is 0 Å². The van der Waals surface area contributed by atoms with Crippen molar-refractivity contribution in [3.8, 4) is 5.75 Å². The van der Waals surface area contributed by atoms with Gasteiger partial charge in [0, 0.05) is 11.5 Å². The maximum Gasteiger partial charge on any atom is 0.412 e. The van der Waals surface area contributed by atoms with Gasteiger partial charge in [-0.25, -0.2) is 9.18 Å². The fourth-order valence-electron chi connectivity index (χ4n) is 0.709. The monoisotopic (exact) mass is 247 g/mol. The summed E-state index contributed by atoms with van der Waals surface area (Å²) >= 11 is 3.08. The topological polar surface area (TPSA) is 38.3 Å². The van der Waals surface area contributed by atoms with Crippen LogP contribution in [-0.4, -0.2) is 13.1 Å². The number of hydrogen-bond donors (Lipinski definition) is 1. The molecule has 0 aliphatic heterocycles. The van der Waals surface area contributed by atoms with Crippen LogP contribution in [-0.2, 0) is 0 Å². The number of carbonyl (C=O) groups is 1. The minimum absolute atomic E-state index is 0.0949. The molecule has 1 aromatic rings. The molecule has 0 aromatic heterocycles. The second-order valence-corrected chi connectivity index (χ2v) is 3.13. The van der Waals surface area contributed by atoms with E-state index in [4.69, 9.17) is 0 Å². The summed E-state index contributed by atoms with van der Waals surface area (Å²) in [4.78, 5) is 10.7. The van der Waals surface area contributed by atoms with Crippen LogP contribution in [0, 0.1) is 5.82 Å². The van der Waals surface area contributed by atoms with Gasteiger partial charge >= 0.3 is 6.09 Å². The summed E-state index contributed by atoms with van der Waals surface area (Å²) in [5, 5.41) is 2.22. The van der Waals surface area contributed by atoms with Crippen LogP contribution in [0.3, 0.4) is 0 Å². The lowest BCUT2D eigenvalue weighted by molar-refractivity contribution is 0.201. The Labute approximate surface area is 83.0 Å². The molecule has 0 aliphatic rings. The zero-order valence-corrected chi connectivity index (χ0v) is 8.39. The lowest BCUT2D eigenvalue weighted by Crippen LogP contribution is -2.22. The second-order valence-electron chi connectivity index (χ2n) is 2.21. The molecule has 5 heteroatoms. The zero-order valence-electron chi connectivity index (χ0n) is 6.80. The van der Waals surface area contributed by atoms with Crippen molar-refractivity contribution in [2.45, 2.75) is 0 Å². The molecule has 1 rings (SSSR count). The van der Waals surface area contributed by atoms with Gasteiger partial charge in [0.15, 0.2) is 11.6 Å². The summed E-state index contributed by atoms with van der Waals surface area (Å²) < 4.78 is 18.2. The second kappa shape index (κ2) is 4.23. The first-order valence-electron chi connectivity index (χ1n) is 3.48. The van der Waals surface area contributed by atoms with Gasteiger partial charge < -0.3 is 10.1 Å². The molecule has 1 N–H and O–H groups in total. The van der Waals surface area contributed by atoms with Crippen molar-refractivity contribution in [1.82, 2.24) is 5.32 Å². The van der Waals surface area contributed by atoms with Crippen molar-refractivity contribution in [2.75, 3.05) is 7.05 Å². The molecule has 0 atom stereocenters. The molecule has 1 aromatic carbocycles. The molecule has 0 heterocycles. The van der Waals surface area contributed by atoms with Gasteiger partial charge in [0.05, 0.1) is 0 Å². The van der Waals surface area contributed by atoms with Gasteiger partial charge in [-0.05, 0) is 18.2 Å². The van der Waals surface area contributed by atoms with Gasteiger partial charge in [0.2, 0.25) is 0 Å². The van der Waals surface area contributed by atoms with E-state index < -0.39 is 11.9 Å². The first-order chi connectivity index (χ1) is 6.13. The van der Waals surface area contributed by atoms with Crippen molar-refractivity contribution in [3.63, 3.8) is 0 Å². The van der Waals surface area contributed by atoms with Crippen LogP contribution in [0.4, 0.5) is 9.18 Å². The molecular weight excluding hydrogens is 241 g/mol. The number of halogens is 2. The van der Waals surface area contributed by atoms with Crippen molar-refractivity contribution in [3.05, 3.63) is 28.5 Å². The van der Waals surface area contributed by atoms with Crippen LogP contribution in [0.25, 0.3) is 0 Å². The highest BCUT2D eigenvalue weighted by molar-refractivity contribution is 9.10. The molecule has 0 bridgehead atoms. The number of amides is 1. The van der Waals surface area contributed by atoms with E-state index in [2.05, 4.69) is 26.0 Å². The first-order valence-corrected chi connectivity index (χ1v) is 4.27. The van der Waals surface area contributed by atoms with E-state index in [1.165, 1.54) is 19.2 Å². The Kier molecular flexibility index (Phi) is 3.25. The number of hydrogen-bond acceptors (Lipinski definition) is 2. The Balaban J connectivity index is 2.83.